The quantitative estimate of drug-likeness (QED) is 0.185. The molecule has 0 fully saturated rings. The normalized spacial score (nSPS) is 11.0. The summed E-state index contributed by atoms with van der Waals surface area (Å²) in [5, 5.41) is 19.6. The fourth-order valence-electron chi connectivity index (χ4n) is 4.37. The van der Waals surface area contributed by atoms with E-state index in [-0.39, 0.29) is 5.82 Å². The number of aryl methyl sites for hydroxylation is 1. The molecule has 9 nitrogen and oxygen atoms in total. The maximum absolute atomic E-state index is 13.7. The number of aromatic nitrogens is 6. The number of halogens is 4. The maximum Gasteiger partial charge on any atom is 0.490 e. The van der Waals surface area contributed by atoms with Gasteiger partial charge >= 0.3 is 12.1 Å². The third kappa shape index (κ3) is 7.76. The highest BCUT2D eigenvalue weighted by Gasteiger charge is 2.38. The van der Waals surface area contributed by atoms with Crippen molar-refractivity contribution in [3.63, 3.8) is 0 Å². The van der Waals surface area contributed by atoms with Crippen LogP contribution in [0.2, 0.25) is 0 Å². The molecule has 3 aromatic carbocycles. The Hall–Kier alpha value is -5.85. The van der Waals surface area contributed by atoms with Crippen molar-refractivity contribution < 1.29 is 27.5 Å². The molecule has 0 aliphatic heterocycles. The van der Waals surface area contributed by atoms with Crippen LogP contribution in [0.3, 0.4) is 0 Å². The first-order chi connectivity index (χ1) is 21.6. The average molecular weight is 616 g/mol. The van der Waals surface area contributed by atoms with Crippen molar-refractivity contribution in [2.45, 2.75) is 19.6 Å². The molecule has 0 unspecified atom stereocenters. The number of rotatable bonds is 7. The van der Waals surface area contributed by atoms with Gasteiger partial charge in [-0.2, -0.15) is 23.4 Å². The van der Waals surface area contributed by atoms with E-state index in [0.717, 1.165) is 45.1 Å². The van der Waals surface area contributed by atoms with Gasteiger partial charge in [0.1, 0.15) is 23.8 Å². The van der Waals surface area contributed by atoms with E-state index in [0.29, 0.717) is 12.4 Å². The van der Waals surface area contributed by atoms with E-state index in [1.54, 1.807) is 29.3 Å². The summed E-state index contributed by atoms with van der Waals surface area (Å²) in [6.45, 7) is 2.46. The molecule has 3 aromatic heterocycles. The highest BCUT2D eigenvalue weighted by Crippen LogP contribution is 2.34. The van der Waals surface area contributed by atoms with Gasteiger partial charge in [0.2, 0.25) is 0 Å². The number of carboxylic acids is 1. The van der Waals surface area contributed by atoms with Gasteiger partial charge in [0, 0.05) is 23.0 Å². The summed E-state index contributed by atoms with van der Waals surface area (Å²) in [4.78, 5) is 17.6. The highest BCUT2D eigenvalue weighted by molar-refractivity contribution is 5.82. The summed E-state index contributed by atoms with van der Waals surface area (Å²) in [5.74, 6) is -1.61. The van der Waals surface area contributed by atoms with Crippen LogP contribution in [0, 0.1) is 12.7 Å². The van der Waals surface area contributed by atoms with Gasteiger partial charge in [0.25, 0.3) is 0 Å². The van der Waals surface area contributed by atoms with Crippen LogP contribution in [-0.4, -0.2) is 46.8 Å². The van der Waals surface area contributed by atoms with Gasteiger partial charge in [-0.3, -0.25) is 4.68 Å². The average Bonchev–Trinajstić information content (AvgIpc) is 3.65. The number of nitrogens with zero attached hydrogens (tertiary/aromatic N) is 6. The van der Waals surface area contributed by atoms with E-state index >= 15 is 0 Å². The Bertz CT molecular complexity index is 1890. The zero-order valence-corrected chi connectivity index (χ0v) is 23.7. The standard InChI is InChI=1S/C30H24FN7.C2HF3O2/c1-21-33-20-38(36-21)27-13-11-26(12-14-27)35-29-17-24(15-16-32-29)28-18-34-37(19-22-5-3-2-4-6-22)30(28)23-7-9-25(31)10-8-23;3-2(4,5)1(6)7/h2-18,20H,19H2,1H3,(H,32,35);(H,6,7). The summed E-state index contributed by atoms with van der Waals surface area (Å²) < 4.78 is 49.2. The first-order valence-corrected chi connectivity index (χ1v) is 13.4. The molecule has 6 aromatic rings. The van der Waals surface area contributed by atoms with Crippen LogP contribution >= 0.6 is 0 Å². The van der Waals surface area contributed by atoms with Crippen LogP contribution in [-0.2, 0) is 11.3 Å². The minimum atomic E-state index is -5.08. The van der Waals surface area contributed by atoms with Gasteiger partial charge in [-0.05, 0) is 78.7 Å². The van der Waals surface area contributed by atoms with Crippen LogP contribution in [0.1, 0.15) is 11.4 Å². The van der Waals surface area contributed by atoms with Crippen molar-refractivity contribution in [3.8, 4) is 28.1 Å². The fourth-order valence-corrected chi connectivity index (χ4v) is 4.37. The van der Waals surface area contributed by atoms with Gasteiger partial charge in [-0.1, -0.05) is 30.3 Å². The number of carbonyl (C=O) groups is 1. The van der Waals surface area contributed by atoms with E-state index in [1.807, 2.05) is 72.4 Å². The number of carboxylic acid groups (broad SMARTS) is 1. The first-order valence-electron chi connectivity index (χ1n) is 13.4. The van der Waals surface area contributed by atoms with E-state index in [4.69, 9.17) is 15.0 Å². The third-order valence-corrected chi connectivity index (χ3v) is 6.46. The third-order valence-electron chi connectivity index (χ3n) is 6.46. The smallest absolute Gasteiger partial charge is 0.475 e. The van der Waals surface area contributed by atoms with Crippen molar-refractivity contribution in [2.75, 3.05) is 5.32 Å². The highest BCUT2D eigenvalue weighted by atomic mass is 19.4. The molecule has 0 aliphatic rings. The Morgan fingerprint density at radius 2 is 1.60 bits per heavy atom. The van der Waals surface area contributed by atoms with Gasteiger partial charge in [0.05, 0.1) is 24.1 Å². The Kier molecular flexibility index (Phi) is 8.98. The molecule has 0 spiro atoms. The molecule has 45 heavy (non-hydrogen) atoms. The topological polar surface area (TPSA) is 111 Å². The van der Waals surface area contributed by atoms with Crippen molar-refractivity contribution in [1.82, 2.24) is 29.5 Å². The number of aliphatic carboxylic acids is 1. The van der Waals surface area contributed by atoms with Gasteiger partial charge < -0.3 is 10.4 Å². The molecular weight excluding hydrogens is 590 g/mol. The van der Waals surface area contributed by atoms with Crippen molar-refractivity contribution in [1.29, 1.82) is 0 Å². The largest absolute Gasteiger partial charge is 0.490 e. The van der Waals surface area contributed by atoms with Crippen molar-refractivity contribution >= 4 is 17.5 Å². The molecule has 0 atom stereocenters. The second-order valence-corrected chi connectivity index (χ2v) is 9.70. The monoisotopic (exact) mass is 615 g/mol. The summed E-state index contributed by atoms with van der Waals surface area (Å²) >= 11 is 0. The van der Waals surface area contributed by atoms with Crippen LogP contribution in [0.5, 0.6) is 0 Å². The predicted molar refractivity (Wildman–Crippen MR) is 159 cm³/mol. The minimum Gasteiger partial charge on any atom is -0.475 e. The first kappa shape index (κ1) is 30.6. The second kappa shape index (κ2) is 13.2. The van der Waals surface area contributed by atoms with Crippen molar-refractivity contribution in [2.24, 2.45) is 0 Å². The molecular formula is C32H25F4N7O2. The van der Waals surface area contributed by atoms with Crippen LogP contribution in [0.15, 0.2) is 110 Å². The number of nitrogens with one attached hydrogen (secondary N) is 1. The molecule has 0 bridgehead atoms. The van der Waals surface area contributed by atoms with E-state index in [1.165, 1.54) is 12.1 Å². The number of alkyl halides is 3. The number of hydrogen-bond acceptors (Lipinski definition) is 6. The molecule has 2 N–H and O–H groups in total. The summed E-state index contributed by atoms with van der Waals surface area (Å²) in [6, 6.07) is 28.5. The Balaban J connectivity index is 0.000000515. The zero-order valence-electron chi connectivity index (χ0n) is 23.7. The van der Waals surface area contributed by atoms with Crippen LogP contribution in [0.25, 0.3) is 28.1 Å². The maximum atomic E-state index is 13.7. The SMILES string of the molecule is Cc1ncn(-c2ccc(Nc3cc(-c4cnn(Cc5ccccc5)c4-c4ccc(F)cc4)ccn3)cc2)n1.O=C(O)C(F)(F)F. The van der Waals surface area contributed by atoms with Gasteiger partial charge in [-0.25, -0.2) is 23.8 Å². The number of pyridine rings is 1. The summed E-state index contributed by atoms with van der Waals surface area (Å²) in [6.07, 6.45) is 0.238. The predicted octanol–water partition coefficient (Wildman–Crippen LogP) is 7.07. The Morgan fingerprint density at radius 3 is 2.22 bits per heavy atom. The molecule has 6 rings (SSSR count). The van der Waals surface area contributed by atoms with Gasteiger partial charge in [-0.15, -0.1) is 0 Å². The van der Waals surface area contributed by atoms with Crippen molar-refractivity contribution in [3.05, 3.63) is 127 Å². The van der Waals surface area contributed by atoms with Crippen LogP contribution in [0.4, 0.5) is 29.1 Å². The number of hydrogen-bond donors (Lipinski definition) is 2. The lowest BCUT2D eigenvalue weighted by Gasteiger charge is -2.12. The Morgan fingerprint density at radius 1 is 0.911 bits per heavy atom. The molecule has 13 heteroatoms. The summed E-state index contributed by atoms with van der Waals surface area (Å²) in [5.41, 5.74) is 6.65. The molecule has 0 amide bonds. The number of benzene rings is 3. The van der Waals surface area contributed by atoms with E-state index in [2.05, 4.69) is 32.5 Å². The molecule has 3 heterocycles. The lowest BCUT2D eigenvalue weighted by atomic mass is 10.0. The lowest BCUT2D eigenvalue weighted by molar-refractivity contribution is -0.192. The molecule has 228 valence electrons. The van der Waals surface area contributed by atoms with E-state index in [9.17, 15) is 17.6 Å². The minimum absolute atomic E-state index is 0.273. The lowest BCUT2D eigenvalue weighted by Crippen LogP contribution is -2.21. The zero-order chi connectivity index (χ0) is 32.0. The number of anilines is 2. The fraction of sp³-hybridized carbons (Fsp3) is 0.0938. The van der Waals surface area contributed by atoms with Gasteiger partial charge in [0.15, 0.2) is 0 Å². The summed E-state index contributed by atoms with van der Waals surface area (Å²) in [7, 11) is 0. The molecule has 0 saturated heterocycles. The molecule has 0 aliphatic carbocycles. The Labute approximate surface area is 254 Å². The molecule has 0 saturated carbocycles. The molecule has 0 radical (unpaired) electrons. The second-order valence-electron chi connectivity index (χ2n) is 9.70. The van der Waals surface area contributed by atoms with Crippen LogP contribution < -0.4 is 5.32 Å². The van der Waals surface area contributed by atoms with E-state index < -0.39 is 12.1 Å².